The van der Waals surface area contributed by atoms with Crippen molar-refractivity contribution in [1.82, 2.24) is 0 Å². The van der Waals surface area contributed by atoms with Crippen molar-refractivity contribution in [3.8, 4) is 0 Å². The number of rotatable bonds is 2. The molecule has 0 aromatic heterocycles. The maximum absolute atomic E-state index is 5.07. The SMILES string of the molecule is CO[SiH2][SiH]([SiH3])[SiH3]. The van der Waals surface area contributed by atoms with Crippen LogP contribution in [-0.4, -0.2) is 43.3 Å². The van der Waals surface area contributed by atoms with Crippen molar-refractivity contribution in [2.75, 3.05) is 7.11 Å². The van der Waals surface area contributed by atoms with E-state index in [-0.39, 0.29) is 16.6 Å². The first kappa shape index (κ1) is 6.83. The van der Waals surface area contributed by atoms with Gasteiger partial charge in [-0.3, -0.25) is 0 Å². The van der Waals surface area contributed by atoms with Crippen LogP contribution in [0.25, 0.3) is 0 Å². The zero-order valence-electron chi connectivity index (χ0n) is 4.69. The molecule has 1 nitrogen and oxygen atoms in total. The molecule has 5 heteroatoms. The molecule has 0 bridgehead atoms. The van der Waals surface area contributed by atoms with Gasteiger partial charge in [-0.1, -0.05) is 0 Å². The van der Waals surface area contributed by atoms with Crippen LogP contribution in [0.1, 0.15) is 0 Å². The van der Waals surface area contributed by atoms with Gasteiger partial charge in [-0.15, -0.1) is 0 Å². The van der Waals surface area contributed by atoms with Crippen LogP contribution in [0.5, 0.6) is 0 Å². The maximum Gasteiger partial charge on any atom is 0.140 e. The first-order valence-corrected chi connectivity index (χ1v) is 15.3. The maximum atomic E-state index is 5.07. The van der Waals surface area contributed by atoms with Crippen LogP contribution < -0.4 is 0 Å². The highest BCUT2D eigenvalue weighted by molar-refractivity contribution is 7.52. The van der Waals surface area contributed by atoms with Gasteiger partial charge in [0, 0.05) is 14.5 Å². The summed E-state index contributed by atoms with van der Waals surface area (Å²) in [4.78, 5) is 0. The Labute approximate surface area is 48.2 Å². The fourth-order valence-electron chi connectivity index (χ4n) is 0.333. The minimum absolute atomic E-state index is 0.0239. The van der Waals surface area contributed by atoms with Gasteiger partial charge in [0.05, 0.1) is 0 Å². The molecule has 0 rings (SSSR count). The zero-order valence-corrected chi connectivity index (χ0v) is 11.3. The molecule has 0 amide bonds. The third kappa shape index (κ3) is 4.83. The monoisotopic (exact) mass is 152 g/mol. The minimum Gasteiger partial charge on any atom is -0.431 e. The van der Waals surface area contributed by atoms with E-state index in [2.05, 4.69) is 0 Å². The van der Waals surface area contributed by atoms with Crippen LogP contribution in [0.3, 0.4) is 0 Å². The van der Waals surface area contributed by atoms with Gasteiger partial charge in [0.15, 0.2) is 0 Å². The average molecular weight is 152 g/mol. The Morgan fingerprint density at radius 1 is 1.67 bits per heavy atom. The van der Waals surface area contributed by atoms with Crippen molar-refractivity contribution in [2.45, 2.75) is 0 Å². The molecule has 0 radical (unpaired) electrons. The highest BCUT2D eigenvalue weighted by atomic mass is 29.8. The lowest BCUT2D eigenvalue weighted by molar-refractivity contribution is 0.454. The van der Waals surface area contributed by atoms with E-state index in [1.165, 1.54) is 19.5 Å². The summed E-state index contributed by atoms with van der Waals surface area (Å²) in [6, 6.07) is 0. The van der Waals surface area contributed by atoms with Gasteiger partial charge in [0.2, 0.25) is 0 Å². The van der Waals surface area contributed by atoms with Gasteiger partial charge >= 0.3 is 0 Å². The van der Waals surface area contributed by atoms with E-state index in [0.29, 0.717) is 0 Å². The fourth-order valence-corrected chi connectivity index (χ4v) is 9.00. The Hall–Kier alpha value is 0.828. The highest BCUT2D eigenvalue weighted by Crippen LogP contribution is 1.59. The molecule has 38 valence electrons. The Bertz CT molecular complexity index is 28.7. The Morgan fingerprint density at radius 3 is 2.17 bits per heavy atom. The molecule has 0 spiro atoms. The lowest BCUT2D eigenvalue weighted by Gasteiger charge is -1.94. The zero-order chi connectivity index (χ0) is 4.99. The molecule has 0 heterocycles. The standard InChI is InChI=1S/CH12OSi4/c1-2-5-6(3)4/h6H,5H2,1,3-4H3. The minimum atomic E-state index is 0.0239. The molecule has 0 saturated heterocycles. The van der Waals surface area contributed by atoms with Crippen LogP contribution in [0.15, 0.2) is 0 Å². The van der Waals surface area contributed by atoms with Crippen molar-refractivity contribution < 1.29 is 4.43 Å². The second-order valence-electron chi connectivity index (χ2n) is 1.85. The molecule has 0 fully saturated rings. The van der Waals surface area contributed by atoms with E-state index in [9.17, 15) is 0 Å². The molecular formula is CH12OSi4. The van der Waals surface area contributed by atoms with Gasteiger partial charge in [0.25, 0.3) is 0 Å². The molecule has 0 aliphatic rings. The summed E-state index contributed by atoms with van der Waals surface area (Å²) < 4.78 is 5.07. The summed E-state index contributed by atoms with van der Waals surface area (Å²) in [6.45, 7) is 0. The van der Waals surface area contributed by atoms with E-state index in [0.717, 1.165) is 0 Å². The van der Waals surface area contributed by atoms with E-state index in [1.807, 2.05) is 7.11 Å². The van der Waals surface area contributed by atoms with Gasteiger partial charge in [-0.05, 0) is 19.5 Å². The summed E-state index contributed by atoms with van der Waals surface area (Å²) in [7, 11) is 5.04. The first-order chi connectivity index (χ1) is 2.77. The average Bonchev–Trinajstić information content (AvgIpc) is 1.35. The van der Waals surface area contributed by atoms with E-state index < -0.39 is 0 Å². The van der Waals surface area contributed by atoms with Gasteiger partial charge in [-0.25, -0.2) is 0 Å². The topological polar surface area (TPSA) is 9.23 Å². The molecule has 0 unspecified atom stereocenters. The van der Waals surface area contributed by atoms with Crippen molar-refractivity contribution in [3.63, 3.8) is 0 Å². The van der Waals surface area contributed by atoms with Crippen LogP contribution in [0.4, 0.5) is 0 Å². The largest absolute Gasteiger partial charge is 0.431 e. The smallest absolute Gasteiger partial charge is 0.140 e. The second-order valence-corrected chi connectivity index (χ2v) is 40.0. The molecule has 0 saturated carbocycles. The van der Waals surface area contributed by atoms with Crippen LogP contribution >= 0.6 is 0 Å². The number of hydrogen-bond acceptors (Lipinski definition) is 1. The van der Waals surface area contributed by atoms with Crippen LogP contribution in [0.2, 0.25) is 0 Å². The van der Waals surface area contributed by atoms with Crippen LogP contribution in [0, 0.1) is 0 Å². The predicted octanol–water partition coefficient (Wildman–Crippen LogP) is -3.84. The van der Waals surface area contributed by atoms with Crippen molar-refractivity contribution in [1.29, 1.82) is 0 Å². The van der Waals surface area contributed by atoms with E-state index in [4.69, 9.17) is 4.43 Å². The third-order valence-corrected chi connectivity index (χ3v) is 10.5. The van der Waals surface area contributed by atoms with Crippen molar-refractivity contribution in [3.05, 3.63) is 0 Å². The van der Waals surface area contributed by atoms with Crippen molar-refractivity contribution >= 4 is 36.1 Å². The van der Waals surface area contributed by atoms with Gasteiger partial charge in [-0.2, -0.15) is 0 Å². The third-order valence-electron chi connectivity index (χ3n) is 0.500. The molecule has 0 aromatic rings. The highest BCUT2D eigenvalue weighted by Gasteiger charge is 1.90. The molecule has 0 atom stereocenters. The van der Waals surface area contributed by atoms with Crippen LogP contribution in [-0.2, 0) is 4.43 Å². The number of hydrogen-bond donors (Lipinski definition) is 0. The molecule has 0 aliphatic heterocycles. The summed E-state index contributed by atoms with van der Waals surface area (Å²) in [5.74, 6) is 0. The lowest BCUT2D eigenvalue weighted by atomic mass is 11.8. The Morgan fingerprint density at radius 2 is 2.17 bits per heavy atom. The Kier molecular flexibility index (Phi) is 4.55. The molecular weight excluding hydrogens is 140 g/mol. The van der Waals surface area contributed by atoms with Crippen molar-refractivity contribution in [2.24, 2.45) is 0 Å². The summed E-state index contributed by atoms with van der Waals surface area (Å²) in [5.41, 5.74) is 0. The molecule has 0 aromatic carbocycles. The lowest BCUT2D eigenvalue weighted by Crippen LogP contribution is -2.24. The summed E-state index contributed by atoms with van der Waals surface area (Å²) in [5, 5.41) is 0. The van der Waals surface area contributed by atoms with E-state index >= 15 is 0 Å². The quantitative estimate of drug-likeness (QED) is 0.369. The van der Waals surface area contributed by atoms with E-state index in [1.54, 1.807) is 0 Å². The summed E-state index contributed by atoms with van der Waals surface area (Å²) in [6.07, 6.45) is 0. The Balaban J connectivity index is 2.63. The molecule has 6 heavy (non-hydrogen) atoms. The second kappa shape index (κ2) is 4.00. The fraction of sp³-hybridized carbons (Fsp3) is 1.00. The van der Waals surface area contributed by atoms with Gasteiger partial charge in [0.1, 0.15) is 9.28 Å². The first-order valence-electron chi connectivity index (χ1n) is 2.26. The normalized spacial score (nSPS) is 17.5. The molecule has 0 aliphatic carbocycles. The van der Waals surface area contributed by atoms with Gasteiger partial charge < -0.3 is 4.43 Å². The molecule has 0 N–H and O–H groups in total. The summed E-state index contributed by atoms with van der Waals surface area (Å²) >= 11 is 0. The predicted molar refractivity (Wildman–Crippen MR) is 42.6 cm³/mol.